The second-order valence-corrected chi connectivity index (χ2v) is 6.02. The van der Waals surface area contributed by atoms with Crippen LogP contribution in [0.25, 0.3) is 11.1 Å². The molecular formula is C17H12ClN3OS. The van der Waals surface area contributed by atoms with Crippen LogP contribution in [0.1, 0.15) is 20.4 Å². The Bertz CT molecular complexity index is 831. The van der Waals surface area contributed by atoms with Crippen LogP contribution < -0.4 is 5.32 Å². The third-order valence-electron chi connectivity index (χ3n) is 2.95. The van der Waals surface area contributed by atoms with Crippen molar-refractivity contribution in [3.05, 3.63) is 76.2 Å². The molecule has 0 saturated heterocycles. The fraction of sp³-hybridized carbons (Fsp3) is 0. The average molecular weight is 342 g/mol. The molecule has 0 fully saturated rings. The Balaban J connectivity index is 1.75. The number of para-hydroxylation sites is 1. The van der Waals surface area contributed by atoms with E-state index in [0.717, 1.165) is 16.9 Å². The summed E-state index contributed by atoms with van der Waals surface area (Å²) in [5, 5.41) is 11.9. The lowest BCUT2D eigenvalue weighted by Gasteiger charge is -2.00. The summed E-state index contributed by atoms with van der Waals surface area (Å²) in [5.74, 6) is -0.302. The smallest absolute Gasteiger partial charge is 0.286 e. The van der Waals surface area contributed by atoms with E-state index >= 15 is 0 Å². The molecular weight excluding hydrogens is 330 g/mol. The molecule has 6 heteroatoms. The zero-order chi connectivity index (χ0) is 16.1. The molecule has 0 aliphatic carbocycles. The van der Waals surface area contributed by atoms with Crippen molar-refractivity contribution in [1.82, 2.24) is 10.2 Å². The molecule has 1 aromatic heterocycles. The number of nitrogens with zero attached hydrogens (tertiary/aromatic N) is 2. The Morgan fingerprint density at radius 1 is 0.957 bits per heavy atom. The van der Waals surface area contributed by atoms with Crippen LogP contribution in [0.4, 0.5) is 5.69 Å². The maximum absolute atomic E-state index is 12.1. The monoisotopic (exact) mass is 341 g/mol. The highest BCUT2D eigenvalue weighted by Gasteiger charge is 2.14. The number of hydrogen-bond acceptors (Lipinski definition) is 4. The van der Waals surface area contributed by atoms with Crippen molar-refractivity contribution in [3.63, 3.8) is 0 Å². The number of nitrogens with one attached hydrogen (secondary N) is 1. The first-order valence-corrected chi connectivity index (χ1v) is 8.04. The van der Waals surface area contributed by atoms with Gasteiger partial charge in [0.05, 0.1) is 5.03 Å². The third-order valence-corrected chi connectivity index (χ3v) is 4.30. The zero-order valence-electron chi connectivity index (χ0n) is 11.9. The van der Waals surface area contributed by atoms with Gasteiger partial charge in [0, 0.05) is 5.69 Å². The van der Waals surface area contributed by atoms with Crippen LogP contribution in [0.3, 0.4) is 0 Å². The van der Waals surface area contributed by atoms with E-state index in [1.54, 1.807) is 6.08 Å². The van der Waals surface area contributed by atoms with E-state index in [-0.39, 0.29) is 10.9 Å². The molecule has 0 unspecified atom stereocenters. The normalized spacial score (nSPS) is 11.3. The minimum atomic E-state index is -0.302. The van der Waals surface area contributed by atoms with E-state index in [1.165, 1.54) is 0 Å². The summed E-state index contributed by atoms with van der Waals surface area (Å²) < 4.78 is 0. The fourth-order valence-corrected chi connectivity index (χ4v) is 2.80. The van der Waals surface area contributed by atoms with Crippen LogP contribution in [0.15, 0.2) is 60.7 Å². The lowest BCUT2D eigenvalue weighted by Crippen LogP contribution is -2.11. The Morgan fingerprint density at radius 2 is 1.57 bits per heavy atom. The van der Waals surface area contributed by atoms with Gasteiger partial charge in [-0.2, -0.15) is 0 Å². The van der Waals surface area contributed by atoms with Gasteiger partial charge in [-0.15, -0.1) is 10.2 Å². The van der Waals surface area contributed by atoms with E-state index in [1.807, 2.05) is 60.7 Å². The zero-order valence-corrected chi connectivity index (χ0v) is 13.5. The van der Waals surface area contributed by atoms with Gasteiger partial charge in [-0.05, 0) is 23.8 Å². The molecule has 114 valence electrons. The van der Waals surface area contributed by atoms with Gasteiger partial charge in [-0.1, -0.05) is 71.5 Å². The average Bonchev–Trinajstić information content (AvgIpc) is 3.07. The first-order chi connectivity index (χ1) is 11.2. The van der Waals surface area contributed by atoms with Gasteiger partial charge < -0.3 is 5.32 Å². The lowest BCUT2D eigenvalue weighted by molar-refractivity contribution is 0.102. The van der Waals surface area contributed by atoms with Crippen molar-refractivity contribution in [3.8, 4) is 0 Å². The highest BCUT2D eigenvalue weighted by atomic mass is 35.5. The molecule has 0 radical (unpaired) electrons. The van der Waals surface area contributed by atoms with E-state index in [9.17, 15) is 4.79 Å². The van der Waals surface area contributed by atoms with Crippen LogP contribution in [-0.2, 0) is 0 Å². The number of carbonyl (C=O) groups excluding carboxylic acids is 1. The lowest BCUT2D eigenvalue weighted by atomic mass is 10.2. The Hall–Kier alpha value is -2.50. The summed E-state index contributed by atoms with van der Waals surface area (Å²) in [4.78, 5) is 12.1. The summed E-state index contributed by atoms with van der Waals surface area (Å²) in [6.45, 7) is 0. The van der Waals surface area contributed by atoms with Crippen LogP contribution in [0, 0.1) is 0 Å². The Morgan fingerprint density at radius 3 is 2.26 bits per heavy atom. The molecule has 1 N–H and O–H groups in total. The van der Waals surface area contributed by atoms with Gasteiger partial charge in [-0.25, -0.2) is 0 Å². The molecule has 23 heavy (non-hydrogen) atoms. The van der Waals surface area contributed by atoms with Crippen molar-refractivity contribution < 1.29 is 4.79 Å². The molecule has 0 saturated carbocycles. The van der Waals surface area contributed by atoms with E-state index in [0.29, 0.717) is 15.7 Å². The maximum Gasteiger partial charge on any atom is 0.286 e. The standard InChI is InChI=1S/C17H12ClN3OS/c18-14(11-12-7-3-1-4-8-12)16-20-21-17(23-16)15(22)19-13-9-5-2-6-10-13/h1-11H,(H,19,22). The minimum absolute atomic E-state index is 0.267. The summed E-state index contributed by atoms with van der Waals surface area (Å²) in [6.07, 6.45) is 1.79. The van der Waals surface area contributed by atoms with Gasteiger partial charge >= 0.3 is 0 Å². The van der Waals surface area contributed by atoms with Crippen molar-refractivity contribution >= 4 is 45.6 Å². The van der Waals surface area contributed by atoms with Crippen LogP contribution in [0.2, 0.25) is 0 Å². The van der Waals surface area contributed by atoms with Crippen molar-refractivity contribution in [2.24, 2.45) is 0 Å². The summed E-state index contributed by atoms with van der Waals surface area (Å²) >= 11 is 7.41. The number of carbonyl (C=O) groups is 1. The number of halogens is 1. The highest BCUT2D eigenvalue weighted by molar-refractivity contribution is 7.15. The number of anilines is 1. The second kappa shape index (κ2) is 7.17. The minimum Gasteiger partial charge on any atom is -0.320 e. The molecule has 0 bridgehead atoms. The predicted octanol–water partition coefficient (Wildman–Crippen LogP) is 4.53. The first kappa shape index (κ1) is 15.4. The number of hydrogen-bond donors (Lipinski definition) is 1. The summed E-state index contributed by atoms with van der Waals surface area (Å²) in [7, 11) is 0. The molecule has 4 nitrogen and oxygen atoms in total. The molecule has 0 aliphatic rings. The first-order valence-electron chi connectivity index (χ1n) is 6.85. The molecule has 0 atom stereocenters. The molecule has 3 rings (SSSR count). The number of amides is 1. The van der Waals surface area contributed by atoms with Crippen LogP contribution >= 0.6 is 22.9 Å². The maximum atomic E-state index is 12.1. The molecule has 0 spiro atoms. The second-order valence-electron chi connectivity index (χ2n) is 4.64. The summed E-state index contributed by atoms with van der Waals surface area (Å²) in [6, 6.07) is 18.9. The fourth-order valence-electron chi connectivity index (χ4n) is 1.87. The van der Waals surface area contributed by atoms with Crippen molar-refractivity contribution in [1.29, 1.82) is 0 Å². The van der Waals surface area contributed by atoms with Gasteiger partial charge in [0.1, 0.15) is 0 Å². The number of rotatable bonds is 4. The Labute approximate surface area is 142 Å². The molecule has 1 heterocycles. The Kier molecular flexibility index (Phi) is 4.80. The molecule has 3 aromatic rings. The largest absolute Gasteiger partial charge is 0.320 e. The number of aromatic nitrogens is 2. The van der Waals surface area contributed by atoms with Gasteiger partial charge in [0.25, 0.3) is 5.91 Å². The number of benzene rings is 2. The molecule has 0 aliphatic heterocycles. The quantitative estimate of drug-likeness (QED) is 0.758. The van der Waals surface area contributed by atoms with Gasteiger partial charge in [-0.3, -0.25) is 4.79 Å². The predicted molar refractivity (Wildman–Crippen MR) is 94.5 cm³/mol. The van der Waals surface area contributed by atoms with Crippen molar-refractivity contribution in [2.45, 2.75) is 0 Å². The van der Waals surface area contributed by atoms with Gasteiger partial charge in [0.15, 0.2) is 5.01 Å². The van der Waals surface area contributed by atoms with Crippen molar-refractivity contribution in [2.75, 3.05) is 5.32 Å². The van der Waals surface area contributed by atoms with E-state index in [2.05, 4.69) is 15.5 Å². The molecule has 2 aromatic carbocycles. The van der Waals surface area contributed by atoms with E-state index in [4.69, 9.17) is 11.6 Å². The third kappa shape index (κ3) is 4.03. The molecule has 1 amide bonds. The topological polar surface area (TPSA) is 54.9 Å². The SMILES string of the molecule is O=C(Nc1ccccc1)c1nnc(C(Cl)=Cc2ccccc2)s1. The highest BCUT2D eigenvalue weighted by Crippen LogP contribution is 2.25. The van der Waals surface area contributed by atoms with E-state index < -0.39 is 0 Å². The van der Waals surface area contributed by atoms with Crippen LogP contribution in [0.5, 0.6) is 0 Å². The summed E-state index contributed by atoms with van der Waals surface area (Å²) in [5.41, 5.74) is 1.67. The van der Waals surface area contributed by atoms with Crippen LogP contribution in [-0.4, -0.2) is 16.1 Å². The van der Waals surface area contributed by atoms with Gasteiger partial charge in [0.2, 0.25) is 5.01 Å².